The molecule has 2 N–H and O–H groups in total. The summed E-state index contributed by atoms with van der Waals surface area (Å²) in [4.78, 5) is 0. The molecule has 0 saturated carbocycles. The van der Waals surface area contributed by atoms with Crippen molar-refractivity contribution in [3.8, 4) is 0 Å². The molecule has 0 radical (unpaired) electrons. The largest absolute Gasteiger partial charge is 0.308 e. The highest BCUT2D eigenvalue weighted by molar-refractivity contribution is 9.10. The molecule has 0 aliphatic heterocycles. The third-order valence-electron chi connectivity index (χ3n) is 2.39. The first kappa shape index (κ1) is 12.5. The van der Waals surface area contributed by atoms with Crippen molar-refractivity contribution in [2.75, 3.05) is 7.05 Å². The predicted molar refractivity (Wildman–Crippen MR) is 66.4 cm³/mol. The van der Waals surface area contributed by atoms with Gasteiger partial charge in [0, 0.05) is 10.0 Å². The molecule has 0 saturated heterocycles. The molecule has 0 fully saturated rings. The van der Waals surface area contributed by atoms with Gasteiger partial charge in [-0.15, -0.1) is 0 Å². The fourth-order valence-corrected chi connectivity index (χ4v) is 2.05. The molecule has 0 spiro atoms. The molecule has 1 atom stereocenters. The van der Waals surface area contributed by atoms with Gasteiger partial charge in [-0.2, -0.15) is 15.4 Å². The van der Waals surface area contributed by atoms with Gasteiger partial charge in [0.1, 0.15) is 11.5 Å². The third kappa shape index (κ3) is 2.34. The number of H-pyrrole nitrogens is 1. The third-order valence-corrected chi connectivity index (χ3v) is 3.65. The molecule has 1 unspecified atom stereocenters. The van der Waals surface area contributed by atoms with E-state index in [0.29, 0.717) is 15.7 Å². The number of benzene rings is 1. The monoisotopic (exact) mass is 318 g/mol. The second kappa shape index (κ2) is 5.12. The maximum atomic E-state index is 14.0. The van der Waals surface area contributed by atoms with Gasteiger partial charge in [0.05, 0.1) is 17.3 Å². The van der Waals surface area contributed by atoms with Crippen LogP contribution < -0.4 is 5.32 Å². The van der Waals surface area contributed by atoms with Crippen LogP contribution in [0.5, 0.6) is 0 Å². The van der Waals surface area contributed by atoms with E-state index in [1.165, 1.54) is 6.20 Å². The van der Waals surface area contributed by atoms with Crippen molar-refractivity contribution < 1.29 is 4.39 Å². The van der Waals surface area contributed by atoms with Gasteiger partial charge in [-0.1, -0.05) is 17.7 Å². The van der Waals surface area contributed by atoms with Crippen LogP contribution in [0.3, 0.4) is 0 Å². The van der Waals surface area contributed by atoms with Crippen LogP contribution in [0.2, 0.25) is 5.02 Å². The molecule has 17 heavy (non-hydrogen) atoms. The number of aromatic nitrogens is 3. The summed E-state index contributed by atoms with van der Waals surface area (Å²) in [7, 11) is 1.72. The van der Waals surface area contributed by atoms with Gasteiger partial charge in [0.2, 0.25) is 0 Å². The Labute approximate surface area is 111 Å². The molecule has 0 amide bonds. The average Bonchev–Trinajstić information content (AvgIpc) is 2.84. The number of hydrogen-bond acceptors (Lipinski definition) is 3. The van der Waals surface area contributed by atoms with E-state index < -0.39 is 5.82 Å². The smallest absolute Gasteiger partial charge is 0.148 e. The first-order chi connectivity index (χ1) is 8.15. The molecule has 1 heterocycles. The topological polar surface area (TPSA) is 53.6 Å². The summed E-state index contributed by atoms with van der Waals surface area (Å²) in [5.41, 5.74) is 1.03. The molecular weight excluding hydrogens is 310 g/mol. The van der Waals surface area contributed by atoms with Gasteiger partial charge >= 0.3 is 0 Å². The fourth-order valence-electron chi connectivity index (χ4n) is 1.58. The molecule has 1 aromatic heterocycles. The van der Waals surface area contributed by atoms with E-state index in [-0.39, 0.29) is 11.1 Å². The summed E-state index contributed by atoms with van der Waals surface area (Å²) in [6.45, 7) is 0. The first-order valence-electron chi connectivity index (χ1n) is 4.81. The number of nitrogens with zero attached hydrogens (tertiary/aromatic N) is 2. The van der Waals surface area contributed by atoms with Crippen LogP contribution in [0.4, 0.5) is 4.39 Å². The van der Waals surface area contributed by atoms with Crippen molar-refractivity contribution in [3.63, 3.8) is 0 Å². The predicted octanol–water partition coefficient (Wildman–Crippen LogP) is 2.67. The summed E-state index contributed by atoms with van der Waals surface area (Å²) < 4.78 is 14.6. The fraction of sp³-hybridized carbons (Fsp3) is 0.200. The van der Waals surface area contributed by atoms with Gasteiger partial charge in [0.25, 0.3) is 0 Å². The van der Waals surface area contributed by atoms with Gasteiger partial charge in [-0.05, 0) is 29.0 Å². The van der Waals surface area contributed by atoms with E-state index in [1.54, 1.807) is 19.2 Å². The van der Waals surface area contributed by atoms with Gasteiger partial charge in [0.15, 0.2) is 0 Å². The zero-order chi connectivity index (χ0) is 12.4. The Bertz CT molecular complexity index is 517. The van der Waals surface area contributed by atoms with Crippen molar-refractivity contribution in [3.05, 3.63) is 44.9 Å². The van der Waals surface area contributed by atoms with Crippen molar-refractivity contribution in [1.82, 2.24) is 20.7 Å². The van der Waals surface area contributed by atoms with Gasteiger partial charge < -0.3 is 5.32 Å². The number of halogens is 3. The van der Waals surface area contributed by atoms with Gasteiger partial charge in [-0.3, -0.25) is 0 Å². The van der Waals surface area contributed by atoms with Crippen LogP contribution in [0.15, 0.2) is 22.8 Å². The minimum atomic E-state index is -0.469. The minimum Gasteiger partial charge on any atom is -0.308 e. The summed E-state index contributed by atoms with van der Waals surface area (Å²) in [5.74, 6) is -0.469. The Kier molecular flexibility index (Phi) is 3.76. The second-order valence-corrected chi connectivity index (χ2v) is 4.61. The van der Waals surface area contributed by atoms with E-state index >= 15 is 0 Å². The summed E-state index contributed by atoms with van der Waals surface area (Å²) >= 11 is 9.03. The van der Waals surface area contributed by atoms with Crippen molar-refractivity contribution >= 4 is 27.5 Å². The van der Waals surface area contributed by atoms with Crippen LogP contribution in [-0.2, 0) is 0 Å². The Morgan fingerprint density at radius 2 is 2.29 bits per heavy atom. The average molecular weight is 320 g/mol. The number of hydrogen-bond donors (Lipinski definition) is 2. The van der Waals surface area contributed by atoms with Crippen LogP contribution in [0, 0.1) is 5.82 Å². The maximum absolute atomic E-state index is 14.0. The van der Waals surface area contributed by atoms with E-state index in [2.05, 4.69) is 36.7 Å². The zero-order valence-electron chi connectivity index (χ0n) is 8.84. The van der Waals surface area contributed by atoms with Crippen molar-refractivity contribution in [1.29, 1.82) is 0 Å². The lowest BCUT2D eigenvalue weighted by atomic mass is 10.0. The van der Waals surface area contributed by atoms with Gasteiger partial charge in [-0.25, -0.2) is 4.39 Å². The normalized spacial score (nSPS) is 12.7. The highest BCUT2D eigenvalue weighted by atomic mass is 79.9. The SMILES string of the molecule is CNC(c1cn[nH]n1)c1ccc(Br)c(Cl)c1F. The summed E-state index contributed by atoms with van der Waals surface area (Å²) in [5, 5.41) is 13.2. The Hall–Kier alpha value is -0.980. The van der Waals surface area contributed by atoms with Crippen LogP contribution in [-0.4, -0.2) is 22.5 Å². The second-order valence-electron chi connectivity index (χ2n) is 3.38. The summed E-state index contributed by atoms with van der Waals surface area (Å²) in [6.07, 6.45) is 1.54. The van der Waals surface area contributed by atoms with E-state index in [9.17, 15) is 4.39 Å². The molecule has 0 aliphatic rings. The van der Waals surface area contributed by atoms with Crippen LogP contribution in [0.1, 0.15) is 17.3 Å². The molecule has 2 rings (SSSR count). The highest BCUT2D eigenvalue weighted by Crippen LogP contribution is 2.31. The molecule has 1 aromatic carbocycles. The maximum Gasteiger partial charge on any atom is 0.148 e. The Morgan fingerprint density at radius 1 is 1.53 bits per heavy atom. The number of nitrogens with one attached hydrogen (secondary N) is 2. The van der Waals surface area contributed by atoms with Crippen molar-refractivity contribution in [2.24, 2.45) is 0 Å². The van der Waals surface area contributed by atoms with E-state index in [4.69, 9.17) is 11.6 Å². The standard InChI is InChI=1S/C10H9BrClFN4/c1-14-10(7-4-15-17-16-7)5-2-3-6(11)8(12)9(5)13/h2-4,10,14H,1H3,(H,15,16,17). The molecule has 0 bridgehead atoms. The lowest BCUT2D eigenvalue weighted by Gasteiger charge is -2.15. The molecule has 4 nitrogen and oxygen atoms in total. The quantitative estimate of drug-likeness (QED) is 0.855. The molecular formula is C10H9BrClFN4. The lowest BCUT2D eigenvalue weighted by Crippen LogP contribution is -2.19. The Morgan fingerprint density at radius 3 is 2.88 bits per heavy atom. The minimum absolute atomic E-state index is 0.0613. The molecule has 90 valence electrons. The van der Waals surface area contributed by atoms with Crippen LogP contribution >= 0.6 is 27.5 Å². The lowest BCUT2D eigenvalue weighted by molar-refractivity contribution is 0.569. The summed E-state index contributed by atoms with van der Waals surface area (Å²) in [6, 6.07) is 2.96. The van der Waals surface area contributed by atoms with Crippen LogP contribution in [0.25, 0.3) is 0 Å². The van der Waals surface area contributed by atoms with Crippen molar-refractivity contribution in [2.45, 2.75) is 6.04 Å². The molecule has 7 heteroatoms. The first-order valence-corrected chi connectivity index (χ1v) is 5.98. The van der Waals surface area contributed by atoms with E-state index in [1.807, 2.05) is 0 Å². The molecule has 2 aromatic rings. The zero-order valence-corrected chi connectivity index (χ0v) is 11.2. The number of rotatable bonds is 3. The highest BCUT2D eigenvalue weighted by Gasteiger charge is 2.21. The number of aromatic amines is 1. The Balaban J connectivity index is 2.49. The van der Waals surface area contributed by atoms with E-state index in [0.717, 1.165) is 0 Å². The molecule has 0 aliphatic carbocycles.